The molecular weight excluding hydrogens is 292 g/mol. The maximum atomic E-state index is 12.2. The Kier molecular flexibility index (Phi) is 4.24. The molecular formula is C14H16N2O4S. The third kappa shape index (κ3) is 3.56. The van der Waals surface area contributed by atoms with E-state index >= 15 is 0 Å². The lowest BCUT2D eigenvalue weighted by atomic mass is 10.2. The number of nitrogens with zero attached hydrogens (tertiary/aromatic N) is 1. The lowest BCUT2D eigenvalue weighted by Gasteiger charge is -2.06. The summed E-state index contributed by atoms with van der Waals surface area (Å²) in [5.41, 5.74) is 1.07. The Hall–Kier alpha value is -1.99. The molecule has 1 N–H and O–H groups in total. The van der Waals surface area contributed by atoms with Crippen molar-refractivity contribution in [3.8, 4) is 0 Å². The third-order valence-electron chi connectivity index (χ3n) is 3.04. The number of hydrogen-bond acceptors (Lipinski definition) is 5. The van der Waals surface area contributed by atoms with E-state index in [9.17, 15) is 13.2 Å². The fourth-order valence-corrected chi connectivity index (χ4v) is 2.76. The van der Waals surface area contributed by atoms with Crippen LogP contribution in [0.3, 0.4) is 0 Å². The molecule has 1 aromatic heterocycles. The molecule has 6 nitrogen and oxygen atoms in total. The van der Waals surface area contributed by atoms with Crippen LogP contribution >= 0.6 is 0 Å². The minimum absolute atomic E-state index is 0.0372. The second-order valence-electron chi connectivity index (χ2n) is 4.66. The SMILES string of the molecule is CC(=O)c1cccc(S(=O)(=O)NCc2nc(C)c(C)o2)c1. The first-order valence-electron chi connectivity index (χ1n) is 6.33. The molecule has 1 heterocycles. The molecule has 112 valence electrons. The molecule has 0 aliphatic carbocycles. The van der Waals surface area contributed by atoms with Crippen molar-refractivity contribution in [2.24, 2.45) is 0 Å². The number of benzene rings is 1. The van der Waals surface area contributed by atoms with Crippen molar-refractivity contribution in [2.45, 2.75) is 32.2 Å². The van der Waals surface area contributed by atoms with Gasteiger partial charge in [0.1, 0.15) is 5.76 Å². The monoisotopic (exact) mass is 308 g/mol. The van der Waals surface area contributed by atoms with Crippen molar-refractivity contribution in [2.75, 3.05) is 0 Å². The molecule has 0 aliphatic heterocycles. The highest BCUT2D eigenvalue weighted by molar-refractivity contribution is 7.89. The number of ketones is 1. The highest BCUT2D eigenvalue weighted by atomic mass is 32.2. The van der Waals surface area contributed by atoms with E-state index in [2.05, 4.69) is 9.71 Å². The number of carbonyl (C=O) groups is 1. The number of hydrogen-bond donors (Lipinski definition) is 1. The van der Waals surface area contributed by atoms with Gasteiger partial charge in [0.2, 0.25) is 15.9 Å². The van der Waals surface area contributed by atoms with Gasteiger partial charge in [0.15, 0.2) is 5.78 Å². The summed E-state index contributed by atoms with van der Waals surface area (Å²) in [6, 6.07) is 5.88. The first kappa shape index (κ1) is 15.4. The van der Waals surface area contributed by atoms with Gasteiger partial charge < -0.3 is 4.42 Å². The molecule has 0 atom stereocenters. The molecule has 21 heavy (non-hydrogen) atoms. The summed E-state index contributed by atoms with van der Waals surface area (Å²) in [4.78, 5) is 15.4. The first-order valence-corrected chi connectivity index (χ1v) is 7.81. The number of nitrogens with one attached hydrogen (secondary N) is 1. The van der Waals surface area contributed by atoms with Gasteiger partial charge in [-0.2, -0.15) is 0 Å². The van der Waals surface area contributed by atoms with E-state index in [0.29, 0.717) is 17.2 Å². The number of Topliss-reactive ketones (excluding diaryl/α,β-unsaturated/α-hetero) is 1. The largest absolute Gasteiger partial charge is 0.444 e. The minimum Gasteiger partial charge on any atom is -0.444 e. The molecule has 1 aromatic carbocycles. The molecule has 0 amide bonds. The summed E-state index contributed by atoms with van der Waals surface area (Å²) in [5.74, 6) is 0.769. The Labute approximate surface area is 123 Å². The average Bonchev–Trinajstić information content (AvgIpc) is 2.76. The Morgan fingerprint density at radius 3 is 2.62 bits per heavy atom. The average molecular weight is 308 g/mol. The van der Waals surface area contributed by atoms with E-state index in [4.69, 9.17) is 4.42 Å². The molecule has 0 spiro atoms. The molecule has 0 saturated carbocycles. The lowest BCUT2D eigenvalue weighted by molar-refractivity contribution is 0.101. The van der Waals surface area contributed by atoms with Gasteiger partial charge in [-0.25, -0.2) is 18.1 Å². The van der Waals surface area contributed by atoms with Crippen LogP contribution in [0, 0.1) is 13.8 Å². The predicted octanol–water partition coefficient (Wildman–Crippen LogP) is 1.97. The van der Waals surface area contributed by atoms with Crippen LogP contribution in [0.25, 0.3) is 0 Å². The molecule has 0 unspecified atom stereocenters. The van der Waals surface area contributed by atoms with Crippen LogP contribution in [0.15, 0.2) is 33.6 Å². The maximum Gasteiger partial charge on any atom is 0.241 e. The van der Waals surface area contributed by atoms with Gasteiger partial charge in [-0.3, -0.25) is 4.79 Å². The van der Waals surface area contributed by atoms with Crippen LogP contribution in [0.4, 0.5) is 0 Å². The number of oxazole rings is 1. The second-order valence-corrected chi connectivity index (χ2v) is 6.42. The Morgan fingerprint density at radius 2 is 2.05 bits per heavy atom. The number of sulfonamides is 1. The third-order valence-corrected chi connectivity index (χ3v) is 4.44. The minimum atomic E-state index is -3.72. The van der Waals surface area contributed by atoms with Crippen molar-refractivity contribution in [3.05, 3.63) is 47.2 Å². The molecule has 0 aliphatic rings. The summed E-state index contributed by atoms with van der Waals surface area (Å²) in [5, 5.41) is 0. The smallest absolute Gasteiger partial charge is 0.241 e. The highest BCUT2D eigenvalue weighted by Crippen LogP contribution is 2.13. The number of aromatic nitrogens is 1. The fraction of sp³-hybridized carbons (Fsp3) is 0.286. The summed E-state index contributed by atoms with van der Waals surface area (Å²) in [7, 11) is -3.72. The topological polar surface area (TPSA) is 89.3 Å². The van der Waals surface area contributed by atoms with E-state index < -0.39 is 10.0 Å². The zero-order chi connectivity index (χ0) is 15.6. The van der Waals surface area contributed by atoms with E-state index in [0.717, 1.165) is 5.69 Å². The van der Waals surface area contributed by atoms with Gasteiger partial charge in [0.25, 0.3) is 0 Å². The zero-order valence-electron chi connectivity index (χ0n) is 12.0. The van der Waals surface area contributed by atoms with Crippen LogP contribution in [-0.2, 0) is 16.6 Å². The zero-order valence-corrected chi connectivity index (χ0v) is 12.8. The van der Waals surface area contributed by atoms with Crippen LogP contribution in [0.2, 0.25) is 0 Å². The van der Waals surface area contributed by atoms with E-state index in [1.807, 2.05) is 0 Å². The Morgan fingerprint density at radius 1 is 1.33 bits per heavy atom. The molecule has 7 heteroatoms. The van der Waals surface area contributed by atoms with Crippen molar-refractivity contribution >= 4 is 15.8 Å². The van der Waals surface area contributed by atoms with E-state index in [1.165, 1.54) is 25.1 Å². The highest BCUT2D eigenvalue weighted by Gasteiger charge is 2.16. The van der Waals surface area contributed by atoms with Gasteiger partial charge in [0, 0.05) is 5.56 Å². The number of aryl methyl sites for hydroxylation is 2. The standard InChI is InChI=1S/C14H16N2O4S/c1-9-11(3)20-14(16-9)8-15-21(18,19)13-6-4-5-12(7-13)10(2)17/h4-7,15H,8H2,1-3H3. The van der Waals surface area contributed by atoms with E-state index in [1.54, 1.807) is 19.9 Å². The first-order chi connectivity index (χ1) is 9.79. The fourth-order valence-electron chi connectivity index (χ4n) is 1.74. The molecule has 0 saturated heterocycles. The number of rotatable bonds is 5. The van der Waals surface area contributed by atoms with Gasteiger partial charge in [-0.05, 0) is 32.9 Å². The van der Waals surface area contributed by atoms with Crippen LogP contribution < -0.4 is 4.72 Å². The number of carbonyl (C=O) groups excluding carboxylic acids is 1. The lowest BCUT2D eigenvalue weighted by Crippen LogP contribution is -2.23. The van der Waals surface area contributed by atoms with Gasteiger partial charge in [0.05, 0.1) is 17.1 Å². The molecule has 2 rings (SSSR count). The molecule has 0 fully saturated rings. The van der Waals surface area contributed by atoms with Crippen molar-refractivity contribution in [3.63, 3.8) is 0 Å². The second kappa shape index (κ2) is 5.79. The van der Waals surface area contributed by atoms with E-state index in [-0.39, 0.29) is 17.2 Å². The molecule has 0 radical (unpaired) electrons. The van der Waals surface area contributed by atoms with Crippen LogP contribution in [0.5, 0.6) is 0 Å². The van der Waals surface area contributed by atoms with Crippen molar-refractivity contribution in [1.82, 2.24) is 9.71 Å². The normalized spacial score (nSPS) is 11.6. The summed E-state index contributed by atoms with van der Waals surface area (Å²) < 4.78 is 32.1. The summed E-state index contributed by atoms with van der Waals surface area (Å²) in [6.07, 6.45) is 0. The summed E-state index contributed by atoms with van der Waals surface area (Å²) in [6.45, 7) is 4.89. The Bertz CT molecular complexity index is 759. The maximum absolute atomic E-state index is 12.2. The van der Waals surface area contributed by atoms with Gasteiger partial charge >= 0.3 is 0 Å². The van der Waals surface area contributed by atoms with Crippen LogP contribution in [0.1, 0.15) is 34.6 Å². The van der Waals surface area contributed by atoms with Crippen molar-refractivity contribution < 1.29 is 17.6 Å². The summed E-state index contributed by atoms with van der Waals surface area (Å²) >= 11 is 0. The Balaban J connectivity index is 2.18. The molecule has 0 bridgehead atoms. The van der Waals surface area contributed by atoms with Crippen molar-refractivity contribution in [1.29, 1.82) is 0 Å². The van der Waals surface area contributed by atoms with Gasteiger partial charge in [-0.1, -0.05) is 12.1 Å². The quantitative estimate of drug-likeness (QED) is 0.853. The van der Waals surface area contributed by atoms with Crippen LogP contribution in [-0.4, -0.2) is 19.2 Å². The van der Waals surface area contributed by atoms with Gasteiger partial charge in [-0.15, -0.1) is 0 Å². The molecule has 2 aromatic rings. The predicted molar refractivity (Wildman–Crippen MR) is 76.4 cm³/mol.